The fourth-order valence-corrected chi connectivity index (χ4v) is 3.54. The highest BCUT2D eigenvalue weighted by Crippen LogP contribution is 2.31. The maximum Gasteiger partial charge on any atom is 0.344 e. The van der Waals surface area contributed by atoms with Crippen LogP contribution in [0.25, 0.3) is 0 Å². The first-order valence-corrected chi connectivity index (χ1v) is 9.75. The number of carbonyl (C=O) groups is 3. The molecule has 0 radical (unpaired) electrons. The first kappa shape index (κ1) is 20.8. The summed E-state index contributed by atoms with van der Waals surface area (Å²) >= 11 is 5.99. The van der Waals surface area contributed by atoms with Gasteiger partial charge in [0.15, 0.2) is 0 Å². The third kappa shape index (κ3) is 4.26. The molecule has 3 N–H and O–H groups in total. The van der Waals surface area contributed by atoms with E-state index in [2.05, 4.69) is 16.1 Å². The molecule has 0 bridgehead atoms. The summed E-state index contributed by atoms with van der Waals surface area (Å²) < 4.78 is 0. The predicted molar refractivity (Wildman–Crippen MR) is 110 cm³/mol. The van der Waals surface area contributed by atoms with Crippen molar-refractivity contribution in [2.75, 3.05) is 6.54 Å². The van der Waals surface area contributed by atoms with Crippen molar-refractivity contribution in [2.24, 2.45) is 0 Å². The molecule has 8 heteroatoms. The van der Waals surface area contributed by atoms with E-state index in [4.69, 9.17) is 11.6 Å². The molecular weight excluding hydrogens is 392 g/mol. The minimum atomic E-state index is -1.19. The van der Waals surface area contributed by atoms with Gasteiger partial charge in [-0.15, -0.1) is 0 Å². The Morgan fingerprint density at radius 2 is 1.90 bits per heavy atom. The van der Waals surface area contributed by atoms with Crippen molar-refractivity contribution in [1.82, 2.24) is 21.1 Å². The number of halogens is 1. The van der Waals surface area contributed by atoms with E-state index in [-0.39, 0.29) is 12.6 Å². The number of hydrogen-bond donors (Lipinski definition) is 3. The van der Waals surface area contributed by atoms with Crippen LogP contribution in [0.3, 0.4) is 0 Å². The number of urea groups is 1. The van der Waals surface area contributed by atoms with Crippen LogP contribution in [0, 0.1) is 0 Å². The lowest BCUT2D eigenvalue weighted by molar-refractivity contribution is -0.139. The largest absolute Gasteiger partial charge is 0.344 e. The van der Waals surface area contributed by atoms with E-state index < -0.39 is 23.4 Å². The Kier molecular flexibility index (Phi) is 6.20. The second kappa shape index (κ2) is 8.63. The van der Waals surface area contributed by atoms with Gasteiger partial charge in [-0.2, -0.15) is 5.01 Å². The number of hydrazine groups is 1. The minimum absolute atomic E-state index is 0.0742. The first-order chi connectivity index (χ1) is 13.9. The van der Waals surface area contributed by atoms with Crippen molar-refractivity contribution in [3.63, 3.8) is 0 Å². The van der Waals surface area contributed by atoms with Crippen molar-refractivity contribution in [3.8, 4) is 0 Å². The van der Waals surface area contributed by atoms with Crippen molar-refractivity contribution >= 4 is 29.4 Å². The number of hydrogen-bond acceptors (Lipinski definition) is 4. The Bertz CT molecular complexity index is 921. The summed E-state index contributed by atoms with van der Waals surface area (Å²) in [7, 11) is 0. The minimum Gasteiger partial charge on any atom is -0.318 e. The number of benzene rings is 2. The highest BCUT2D eigenvalue weighted by atomic mass is 35.5. The molecule has 0 aliphatic carbocycles. The molecule has 1 aliphatic rings. The summed E-state index contributed by atoms with van der Waals surface area (Å²) in [5.74, 6) is -1.00. The predicted octanol–water partition coefficient (Wildman–Crippen LogP) is 2.88. The standard InChI is InChI=1S/C21H23ClN4O3/c1-3-21(16-9-5-4-6-10-16)19(28)26(20(29)24-21)25-18(27)13-23-14(2)15-8-7-11-17(22)12-15/h4-12,14,23H,3,13H2,1-2H3,(H,24,29)(H,25,27)/t14-,21-/m0/s1. The topological polar surface area (TPSA) is 90.5 Å². The molecule has 0 aromatic heterocycles. The van der Waals surface area contributed by atoms with Gasteiger partial charge in [-0.05, 0) is 36.6 Å². The van der Waals surface area contributed by atoms with Gasteiger partial charge in [-0.1, -0.05) is 61.0 Å². The zero-order valence-electron chi connectivity index (χ0n) is 16.2. The van der Waals surface area contributed by atoms with E-state index in [0.29, 0.717) is 17.0 Å². The average molecular weight is 415 g/mol. The maximum atomic E-state index is 13.0. The third-order valence-electron chi connectivity index (χ3n) is 5.04. The van der Waals surface area contributed by atoms with Crippen molar-refractivity contribution < 1.29 is 14.4 Å². The number of carbonyl (C=O) groups excluding carboxylic acids is 3. The number of nitrogens with zero attached hydrogens (tertiary/aromatic N) is 1. The fraction of sp³-hybridized carbons (Fsp3) is 0.286. The van der Waals surface area contributed by atoms with Gasteiger partial charge in [0.25, 0.3) is 11.8 Å². The molecule has 1 heterocycles. The summed E-state index contributed by atoms with van der Waals surface area (Å²) in [4.78, 5) is 37.8. The van der Waals surface area contributed by atoms with Gasteiger partial charge in [-0.3, -0.25) is 15.0 Å². The van der Waals surface area contributed by atoms with Crippen molar-refractivity contribution in [1.29, 1.82) is 0 Å². The van der Waals surface area contributed by atoms with Crippen LogP contribution in [-0.4, -0.2) is 29.4 Å². The molecule has 1 fully saturated rings. The third-order valence-corrected chi connectivity index (χ3v) is 5.28. The molecule has 2 atom stereocenters. The Morgan fingerprint density at radius 3 is 2.55 bits per heavy atom. The fourth-order valence-electron chi connectivity index (χ4n) is 3.34. The van der Waals surface area contributed by atoms with Crippen LogP contribution < -0.4 is 16.1 Å². The molecular formula is C21H23ClN4O3. The highest BCUT2D eigenvalue weighted by molar-refractivity contribution is 6.30. The van der Waals surface area contributed by atoms with E-state index in [1.54, 1.807) is 30.3 Å². The highest BCUT2D eigenvalue weighted by Gasteiger charge is 2.52. The van der Waals surface area contributed by atoms with E-state index in [1.165, 1.54) is 0 Å². The lowest BCUT2D eigenvalue weighted by Crippen LogP contribution is -2.50. The van der Waals surface area contributed by atoms with Crippen LogP contribution in [0.15, 0.2) is 54.6 Å². The van der Waals surface area contributed by atoms with Crippen LogP contribution in [0.5, 0.6) is 0 Å². The number of amides is 4. The number of nitrogens with one attached hydrogen (secondary N) is 3. The monoisotopic (exact) mass is 414 g/mol. The van der Waals surface area contributed by atoms with E-state index in [9.17, 15) is 14.4 Å². The van der Waals surface area contributed by atoms with Crippen LogP contribution in [0.2, 0.25) is 5.02 Å². The molecule has 1 saturated heterocycles. The van der Waals surface area contributed by atoms with Gasteiger partial charge in [0, 0.05) is 11.1 Å². The summed E-state index contributed by atoms with van der Waals surface area (Å²) in [6, 6.07) is 15.5. The lowest BCUT2D eigenvalue weighted by atomic mass is 9.87. The Hall–Kier alpha value is -2.90. The lowest BCUT2D eigenvalue weighted by Gasteiger charge is -2.25. The first-order valence-electron chi connectivity index (χ1n) is 9.38. The van der Waals surface area contributed by atoms with E-state index >= 15 is 0 Å². The number of rotatable bonds is 7. The second-order valence-corrected chi connectivity index (χ2v) is 7.32. The molecule has 152 valence electrons. The average Bonchev–Trinajstić information content (AvgIpc) is 2.97. The zero-order chi connectivity index (χ0) is 21.0. The molecule has 29 heavy (non-hydrogen) atoms. The quantitative estimate of drug-likeness (QED) is 0.607. The molecule has 7 nitrogen and oxygen atoms in total. The molecule has 1 aliphatic heterocycles. The van der Waals surface area contributed by atoms with Crippen LogP contribution in [0.1, 0.15) is 37.4 Å². The Balaban J connectivity index is 1.64. The smallest absolute Gasteiger partial charge is 0.318 e. The maximum absolute atomic E-state index is 13.0. The molecule has 0 saturated carbocycles. The Labute approximate surface area is 174 Å². The Morgan fingerprint density at radius 1 is 1.17 bits per heavy atom. The van der Waals surface area contributed by atoms with Crippen molar-refractivity contribution in [3.05, 3.63) is 70.7 Å². The van der Waals surface area contributed by atoms with Gasteiger partial charge in [0.2, 0.25) is 0 Å². The molecule has 0 unspecified atom stereocenters. The molecule has 2 aromatic rings. The van der Waals surface area contributed by atoms with E-state index in [0.717, 1.165) is 10.6 Å². The summed E-state index contributed by atoms with van der Waals surface area (Å²) in [6.45, 7) is 3.63. The van der Waals surface area contributed by atoms with Gasteiger partial charge in [0.1, 0.15) is 5.54 Å². The van der Waals surface area contributed by atoms with Crippen LogP contribution >= 0.6 is 11.6 Å². The molecule has 2 aromatic carbocycles. The van der Waals surface area contributed by atoms with Gasteiger partial charge in [0.05, 0.1) is 6.54 Å². The molecule has 3 rings (SSSR count). The zero-order valence-corrected chi connectivity index (χ0v) is 17.0. The van der Waals surface area contributed by atoms with Gasteiger partial charge >= 0.3 is 6.03 Å². The van der Waals surface area contributed by atoms with Crippen LogP contribution in [0.4, 0.5) is 4.79 Å². The van der Waals surface area contributed by atoms with Crippen LogP contribution in [-0.2, 0) is 15.1 Å². The SMILES string of the molecule is CC[C@@]1(c2ccccc2)NC(=O)N(NC(=O)CN[C@@H](C)c2cccc(Cl)c2)C1=O. The van der Waals surface area contributed by atoms with Crippen molar-refractivity contribution in [2.45, 2.75) is 31.8 Å². The van der Waals surface area contributed by atoms with E-state index in [1.807, 2.05) is 38.1 Å². The number of imide groups is 1. The molecule has 0 spiro atoms. The second-order valence-electron chi connectivity index (χ2n) is 6.89. The summed E-state index contributed by atoms with van der Waals surface area (Å²) in [5, 5.41) is 7.14. The normalized spacial score (nSPS) is 19.8. The summed E-state index contributed by atoms with van der Waals surface area (Å²) in [6.07, 6.45) is 0.359. The van der Waals surface area contributed by atoms with Gasteiger partial charge < -0.3 is 10.6 Å². The van der Waals surface area contributed by atoms with Gasteiger partial charge in [-0.25, -0.2) is 4.79 Å². The molecule has 4 amide bonds. The summed E-state index contributed by atoms with van der Waals surface area (Å²) in [5.41, 5.74) is 2.81.